The van der Waals surface area contributed by atoms with Crippen molar-refractivity contribution in [1.29, 1.82) is 0 Å². The molecule has 1 heterocycles. The van der Waals surface area contributed by atoms with Crippen molar-refractivity contribution in [2.45, 2.75) is 16.7 Å². The van der Waals surface area contributed by atoms with Gasteiger partial charge in [0.25, 0.3) is 0 Å². The fourth-order valence-corrected chi connectivity index (χ4v) is 3.86. The average Bonchev–Trinajstić information content (AvgIpc) is 2.68. The second-order valence-electron chi connectivity index (χ2n) is 5.98. The summed E-state index contributed by atoms with van der Waals surface area (Å²) in [6.45, 7) is 2.02. The van der Waals surface area contributed by atoms with E-state index in [2.05, 4.69) is 25.3 Å². The summed E-state index contributed by atoms with van der Waals surface area (Å²) in [5.74, 6) is 1.19. The standard InChI is InChI=1S/C19H21N5O2S2/c1-13-5-4-6-14(9-13)23-18-11-19(22-12-21-18)24-16-10-15(28(25,26)20-2)7-8-17(16)27-3/h4-12,20H,1-3H3,(H2,21,22,23,24). The summed E-state index contributed by atoms with van der Waals surface area (Å²) in [6.07, 6.45) is 3.38. The molecule has 3 rings (SSSR count). The van der Waals surface area contributed by atoms with Crippen molar-refractivity contribution in [3.8, 4) is 0 Å². The zero-order valence-corrected chi connectivity index (χ0v) is 17.4. The third kappa shape index (κ3) is 4.80. The Labute approximate surface area is 169 Å². The van der Waals surface area contributed by atoms with Gasteiger partial charge in [-0.1, -0.05) is 12.1 Å². The zero-order chi connectivity index (χ0) is 20.1. The number of anilines is 4. The Morgan fingerprint density at radius 1 is 0.964 bits per heavy atom. The Hall–Kier alpha value is -2.62. The molecule has 0 radical (unpaired) electrons. The van der Waals surface area contributed by atoms with E-state index in [1.54, 1.807) is 24.3 Å². The van der Waals surface area contributed by atoms with Crippen molar-refractivity contribution in [2.24, 2.45) is 0 Å². The van der Waals surface area contributed by atoms with Crippen LogP contribution in [0.3, 0.4) is 0 Å². The van der Waals surface area contributed by atoms with Gasteiger partial charge in [0.1, 0.15) is 18.0 Å². The SMILES string of the molecule is CNS(=O)(=O)c1ccc(SC)c(Nc2cc(Nc3cccc(C)c3)ncn2)c1. The highest BCUT2D eigenvalue weighted by atomic mass is 32.2. The van der Waals surface area contributed by atoms with Gasteiger partial charge in [0.05, 0.1) is 10.6 Å². The maximum Gasteiger partial charge on any atom is 0.240 e. The van der Waals surface area contributed by atoms with Gasteiger partial charge in [-0.3, -0.25) is 0 Å². The maximum atomic E-state index is 12.1. The van der Waals surface area contributed by atoms with E-state index in [0.717, 1.165) is 16.1 Å². The molecule has 28 heavy (non-hydrogen) atoms. The summed E-state index contributed by atoms with van der Waals surface area (Å²) in [4.78, 5) is 9.58. The second kappa shape index (κ2) is 8.59. The van der Waals surface area contributed by atoms with Crippen molar-refractivity contribution < 1.29 is 8.42 Å². The van der Waals surface area contributed by atoms with Gasteiger partial charge >= 0.3 is 0 Å². The van der Waals surface area contributed by atoms with Gasteiger partial charge in [0.2, 0.25) is 10.0 Å². The lowest BCUT2D eigenvalue weighted by Gasteiger charge is -2.13. The van der Waals surface area contributed by atoms with Gasteiger partial charge < -0.3 is 10.6 Å². The lowest BCUT2D eigenvalue weighted by atomic mass is 10.2. The summed E-state index contributed by atoms with van der Waals surface area (Å²) in [7, 11) is -2.15. The van der Waals surface area contributed by atoms with E-state index in [1.165, 1.54) is 25.1 Å². The quantitative estimate of drug-likeness (QED) is 0.504. The summed E-state index contributed by atoms with van der Waals surface area (Å²) in [5, 5.41) is 6.44. The van der Waals surface area contributed by atoms with Crippen molar-refractivity contribution in [1.82, 2.24) is 14.7 Å². The van der Waals surface area contributed by atoms with E-state index in [1.807, 2.05) is 37.4 Å². The number of hydrogen-bond acceptors (Lipinski definition) is 7. The topological polar surface area (TPSA) is 96.0 Å². The first-order chi connectivity index (χ1) is 13.4. The number of aromatic nitrogens is 2. The number of hydrogen-bond donors (Lipinski definition) is 3. The fourth-order valence-electron chi connectivity index (χ4n) is 2.57. The van der Waals surface area contributed by atoms with Crippen LogP contribution in [0, 0.1) is 6.92 Å². The largest absolute Gasteiger partial charge is 0.340 e. The minimum absolute atomic E-state index is 0.183. The molecule has 146 valence electrons. The molecule has 0 unspecified atom stereocenters. The summed E-state index contributed by atoms with van der Waals surface area (Å²) < 4.78 is 26.5. The molecule has 0 aliphatic rings. The lowest BCUT2D eigenvalue weighted by Crippen LogP contribution is -2.18. The van der Waals surface area contributed by atoms with Crippen LogP contribution in [0.15, 0.2) is 64.6 Å². The molecule has 9 heteroatoms. The predicted molar refractivity (Wildman–Crippen MR) is 114 cm³/mol. The van der Waals surface area contributed by atoms with Gasteiger partial charge in [0, 0.05) is 16.6 Å². The maximum absolute atomic E-state index is 12.1. The third-order valence-corrected chi connectivity index (χ3v) is 6.18. The van der Waals surface area contributed by atoms with Crippen LogP contribution in [0.2, 0.25) is 0 Å². The van der Waals surface area contributed by atoms with E-state index in [-0.39, 0.29) is 4.90 Å². The highest BCUT2D eigenvalue weighted by Gasteiger charge is 2.14. The Balaban J connectivity index is 1.88. The molecule has 0 bridgehead atoms. The molecule has 3 aromatic rings. The van der Waals surface area contributed by atoms with Crippen LogP contribution >= 0.6 is 11.8 Å². The smallest absolute Gasteiger partial charge is 0.240 e. The average molecular weight is 416 g/mol. The number of rotatable bonds is 7. The number of sulfonamides is 1. The van der Waals surface area contributed by atoms with Crippen LogP contribution in [0.5, 0.6) is 0 Å². The highest BCUT2D eigenvalue weighted by molar-refractivity contribution is 7.98. The molecule has 7 nitrogen and oxygen atoms in total. The van der Waals surface area contributed by atoms with Gasteiger partial charge in [0.15, 0.2) is 0 Å². The first-order valence-electron chi connectivity index (χ1n) is 8.45. The molecule has 0 saturated heterocycles. The Morgan fingerprint density at radius 3 is 2.39 bits per heavy atom. The van der Waals surface area contributed by atoms with Crippen molar-refractivity contribution >= 4 is 44.8 Å². The van der Waals surface area contributed by atoms with E-state index in [0.29, 0.717) is 17.3 Å². The normalized spacial score (nSPS) is 11.2. The number of aryl methyl sites for hydroxylation is 1. The summed E-state index contributed by atoms with van der Waals surface area (Å²) >= 11 is 1.51. The minimum atomic E-state index is -3.54. The summed E-state index contributed by atoms with van der Waals surface area (Å²) in [5.41, 5.74) is 2.73. The lowest BCUT2D eigenvalue weighted by molar-refractivity contribution is 0.588. The van der Waals surface area contributed by atoms with Crippen LogP contribution in [0.1, 0.15) is 5.56 Å². The minimum Gasteiger partial charge on any atom is -0.340 e. The molecule has 0 fully saturated rings. The molecule has 0 atom stereocenters. The van der Waals surface area contributed by atoms with Gasteiger partial charge in [-0.15, -0.1) is 11.8 Å². The molecular weight excluding hydrogens is 394 g/mol. The third-order valence-electron chi connectivity index (χ3n) is 3.97. The number of benzene rings is 2. The van der Waals surface area contributed by atoms with Crippen molar-refractivity contribution in [2.75, 3.05) is 23.9 Å². The molecule has 2 aromatic carbocycles. The van der Waals surface area contributed by atoms with E-state index in [4.69, 9.17) is 0 Å². The molecule has 0 saturated carbocycles. The van der Waals surface area contributed by atoms with Crippen LogP contribution in [0.4, 0.5) is 23.0 Å². The molecule has 0 amide bonds. The Morgan fingerprint density at radius 2 is 1.71 bits per heavy atom. The monoisotopic (exact) mass is 415 g/mol. The van der Waals surface area contributed by atoms with Gasteiger partial charge in [-0.05, 0) is 56.1 Å². The predicted octanol–water partition coefficient (Wildman–Crippen LogP) is 3.90. The molecule has 0 aliphatic carbocycles. The van der Waals surface area contributed by atoms with Gasteiger partial charge in [-0.25, -0.2) is 23.1 Å². The van der Waals surface area contributed by atoms with E-state index < -0.39 is 10.0 Å². The van der Waals surface area contributed by atoms with Crippen LogP contribution in [0.25, 0.3) is 0 Å². The first kappa shape index (κ1) is 20.1. The number of nitrogens with zero attached hydrogens (tertiary/aromatic N) is 2. The van der Waals surface area contributed by atoms with E-state index >= 15 is 0 Å². The summed E-state index contributed by atoms with van der Waals surface area (Å²) in [6, 6.07) is 14.7. The highest BCUT2D eigenvalue weighted by Crippen LogP contribution is 2.30. The molecule has 1 aromatic heterocycles. The molecular formula is C19H21N5O2S2. The van der Waals surface area contributed by atoms with Crippen LogP contribution in [-0.2, 0) is 10.0 Å². The molecule has 3 N–H and O–H groups in total. The first-order valence-corrected chi connectivity index (χ1v) is 11.2. The Bertz CT molecular complexity index is 1090. The number of thioether (sulfide) groups is 1. The second-order valence-corrected chi connectivity index (χ2v) is 8.71. The fraction of sp³-hybridized carbons (Fsp3) is 0.158. The zero-order valence-electron chi connectivity index (χ0n) is 15.7. The molecule has 0 aliphatic heterocycles. The van der Waals surface area contributed by atoms with E-state index in [9.17, 15) is 8.42 Å². The number of nitrogens with one attached hydrogen (secondary N) is 3. The van der Waals surface area contributed by atoms with Crippen LogP contribution in [-0.4, -0.2) is 31.7 Å². The Kier molecular flexibility index (Phi) is 6.18. The van der Waals surface area contributed by atoms with Crippen molar-refractivity contribution in [3.05, 3.63) is 60.4 Å². The van der Waals surface area contributed by atoms with Gasteiger partial charge in [-0.2, -0.15) is 0 Å². The van der Waals surface area contributed by atoms with Crippen molar-refractivity contribution in [3.63, 3.8) is 0 Å². The molecule has 0 spiro atoms. The van der Waals surface area contributed by atoms with Crippen LogP contribution < -0.4 is 15.4 Å².